The lowest BCUT2D eigenvalue weighted by Crippen LogP contribution is -2.49. The Bertz CT molecular complexity index is 1590. The molecular weight excluding hydrogens is 589 g/mol. The molecule has 0 spiro atoms. The largest absolute Gasteiger partial charge is 0.550 e. The average Bonchev–Trinajstić information content (AvgIpc) is 3.37. The summed E-state index contributed by atoms with van der Waals surface area (Å²) in [6, 6.07) is 24.7. The second kappa shape index (κ2) is 17.0. The van der Waals surface area contributed by atoms with Crippen molar-refractivity contribution in [2.24, 2.45) is 11.5 Å². The predicted molar refractivity (Wildman–Crippen MR) is 175 cm³/mol. The number of halogens is 1. The lowest BCUT2D eigenvalue weighted by molar-refractivity contribution is -0.307. The van der Waals surface area contributed by atoms with Gasteiger partial charge in [-0.15, -0.1) is 0 Å². The van der Waals surface area contributed by atoms with Crippen molar-refractivity contribution >= 4 is 23.4 Å². The first kappa shape index (κ1) is 35.6. The van der Waals surface area contributed by atoms with Crippen LogP contribution in [-0.2, 0) is 11.3 Å². The number of hydrogen-bond acceptors (Lipinski definition) is 6. The van der Waals surface area contributed by atoms with Crippen LogP contribution in [0.15, 0.2) is 84.9 Å². The standard InChI is InChI=1S/C33H35FN2O5.C2H7N3/c1-21(2)31-30(33(41)35-25-11-7-4-8-12-25)29(22-9-5-3-6-10-22)32(23-13-15-24(34)16-14-23)36(31)18-17-26(37)19-27(38)20-28(39)40;3-1-2(4)5/h3-16,21,26-27,37-38H,17-20H2,1-2H3,(H,35,41)(H,39,40);1,3H2,(H3,4,5)/t26-,27-;/m1./s1. The number of carbonyl (C=O) groups excluding carboxylic acids is 2. The van der Waals surface area contributed by atoms with Crippen LogP contribution in [-0.4, -0.2) is 51.2 Å². The van der Waals surface area contributed by atoms with Crippen molar-refractivity contribution in [3.63, 3.8) is 0 Å². The molecule has 1 amide bonds. The van der Waals surface area contributed by atoms with Crippen LogP contribution >= 0.6 is 0 Å². The molecular formula is C35H42FN5O5. The topological polar surface area (TPSA) is 192 Å². The van der Waals surface area contributed by atoms with Gasteiger partial charge >= 0.3 is 0 Å². The molecule has 3 aromatic carbocycles. The summed E-state index contributed by atoms with van der Waals surface area (Å²) in [7, 11) is 0. The Labute approximate surface area is 268 Å². The summed E-state index contributed by atoms with van der Waals surface area (Å²) in [4.78, 5) is 24.9. The Hall–Kier alpha value is -4.84. The monoisotopic (exact) mass is 631 g/mol. The van der Waals surface area contributed by atoms with Crippen LogP contribution in [0.2, 0.25) is 0 Å². The van der Waals surface area contributed by atoms with Gasteiger partial charge in [0.25, 0.3) is 11.7 Å². The van der Waals surface area contributed by atoms with Gasteiger partial charge in [-0.25, -0.2) is 4.39 Å². The minimum atomic E-state index is -1.39. The van der Waals surface area contributed by atoms with Gasteiger partial charge in [0.15, 0.2) is 0 Å². The number of nitrogens with two attached hydrogens (primary N) is 3. The van der Waals surface area contributed by atoms with Gasteiger partial charge in [0, 0.05) is 35.9 Å². The summed E-state index contributed by atoms with van der Waals surface area (Å²) in [6.45, 7) is 4.50. The summed E-state index contributed by atoms with van der Waals surface area (Å²) in [5.41, 5.74) is 14.5. The average molecular weight is 632 g/mol. The Morgan fingerprint density at radius 3 is 2.02 bits per heavy atom. The second-order valence-corrected chi connectivity index (χ2v) is 11.2. The molecule has 1 aromatic heterocycles. The molecule has 0 saturated heterocycles. The molecule has 0 unspecified atom stereocenters. The van der Waals surface area contributed by atoms with Crippen molar-refractivity contribution in [3.8, 4) is 22.4 Å². The molecule has 0 radical (unpaired) electrons. The van der Waals surface area contributed by atoms with Crippen LogP contribution in [0.3, 0.4) is 0 Å². The van der Waals surface area contributed by atoms with Gasteiger partial charge < -0.3 is 35.7 Å². The van der Waals surface area contributed by atoms with Gasteiger partial charge in [-0.1, -0.05) is 62.4 Å². The maximum atomic E-state index is 14.0. The first-order valence-electron chi connectivity index (χ1n) is 15.0. The molecule has 11 heteroatoms. The van der Waals surface area contributed by atoms with Gasteiger partial charge in [-0.2, -0.15) is 0 Å². The molecule has 4 aromatic rings. The van der Waals surface area contributed by atoms with E-state index in [-0.39, 0.29) is 43.6 Å². The summed E-state index contributed by atoms with van der Waals surface area (Å²) in [5, 5.41) is 39.5. The normalized spacial score (nSPS) is 12.2. The Morgan fingerprint density at radius 1 is 0.935 bits per heavy atom. The van der Waals surface area contributed by atoms with E-state index in [0.29, 0.717) is 28.1 Å². The predicted octanol–water partition coefficient (Wildman–Crippen LogP) is 2.04. The van der Waals surface area contributed by atoms with Gasteiger partial charge in [-0.05, 0) is 66.3 Å². The fraction of sp³-hybridized carbons (Fsp3) is 0.286. The third-order valence-corrected chi connectivity index (χ3v) is 7.16. The van der Waals surface area contributed by atoms with Crippen LogP contribution in [0.1, 0.15) is 55.1 Å². The van der Waals surface area contributed by atoms with Crippen molar-refractivity contribution in [2.75, 3.05) is 11.9 Å². The molecule has 10 nitrogen and oxygen atoms in total. The van der Waals surface area contributed by atoms with Crippen molar-refractivity contribution in [1.82, 2.24) is 4.57 Å². The van der Waals surface area contributed by atoms with E-state index in [1.807, 2.05) is 66.9 Å². The first-order valence-corrected chi connectivity index (χ1v) is 15.0. The van der Waals surface area contributed by atoms with Gasteiger partial charge in [0.1, 0.15) is 5.82 Å². The van der Waals surface area contributed by atoms with E-state index >= 15 is 0 Å². The smallest absolute Gasteiger partial charge is 0.258 e. The molecule has 0 aliphatic heterocycles. The van der Waals surface area contributed by atoms with Gasteiger partial charge in [0.05, 0.1) is 30.0 Å². The molecule has 1 heterocycles. The molecule has 9 N–H and O–H groups in total. The van der Waals surface area contributed by atoms with Crippen LogP contribution in [0.25, 0.3) is 22.4 Å². The van der Waals surface area contributed by atoms with E-state index in [9.17, 15) is 29.3 Å². The highest BCUT2D eigenvalue weighted by Crippen LogP contribution is 2.42. The molecule has 4 rings (SSSR count). The van der Waals surface area contributed by atoms with E-state index in [2.05, 4.69) is 5.32 Å². The maximum absolute atomic E-state index is 14.0. The quantitative estimate of drug-likeness (QED) is 0.0960. The number of nitrogens with one attached hydrogen (secondary N) is 1. The zero-order valence-corrected chi connectivity index (χ0v) is 26.0. The Balaban J connectivity index is 0.00000107. The van der Waals surface area contributed by atoms with E-state index in [0.717, 1.165) is 11.3 Å². The lowest BCUT2D eigenvalue weighted by Gasteiger charge is -2.20. The highest BCUT2D eigenvalue weighted by Gasteiger charge is 2.30. The van der Waals surface area contributed by atoms with E-state index in [1.54, 1.807) is 24.3 Å². The molecule has 0 aliphatic carbocycles. The molecule has 0 bridgehead atoms. The third-order valence-electron chi connectivity index (χ3n) is 7.16. The third kappa shape index (κ3) is 9.83. The number of hydrogen-bond donors (Lipinski definition) is 6. The minimum Gasteiger partial charge on any atom is -0.550 e. The first-order chi connectivity index (χ1) is 21.9. The van der Waals surface area contributed by atoms with Gasteiger partial charge in [-0.3, -0.25) is 15.9 Å². The van der Waals surface area contributed by atoms with E-state index in [1.165, 1.54) is 12.1 Å². The number of carbonyl (C=O) groups is 2. The van der Waals surface area contributed by atoms with Crippen molar-refractivity contribution in [3.05, 3.63) is 102 Å². The number of aromatic nitrogens is 1. The second-order valence-electron chi connectivity index (χ2n) is 11.2. The Morgan fingerprint density at radius 2 is 1.50 bits per heavy atom. The number of carboxylic acids is 1. The number of amides is 1. The maximum Gasteiger partial charge on any atom is 0.258 e. The van der Waals surface area contributed by atoms with Crippen LogP contribution < -0.4 is 27.3 Å². The molecule has 244 valence electrons. The lowest BCUT2D eigenvalue weighted by atomic mass is 9.94. The molecule has 46 heavy (non-hydrogen) atoms. The molecule has 0 aliphatic rings. The van der Waals surface area contributed by atoms with Crippen LogP contribution in [0, 0.1) is 5.82 Å². The SMILES string of the molecule is CC(C)c1c(C(=O)Nc2ccccc2)c(-c2ccccc2)c(-c2ccc(F)cc2)n1CC[C@@H](O)C[C@@H](O)CC(=O)[O-].NCC(N)=[NH2+]. The zero-order valence-electron chi connectivity index (χ0n) is 26.0. The highest BCUT2D eigenvalue weighted by molar-refractivity contribution is 6.12. The summed E-state index contributed by atoms with van der Waals surface area (Å²) < 4.78 is 16.0. The summed E-state index contributed by atoms with van der Waals surface area (Å²) in [6.07, 6.45) is -2.77. The molecule has 0 saturated carbocycles. The van der Waals surface area contributed by atoms with Gasteiger partial charge in [0.2, 0.25) is 0 Å². The number of aliphatic hydroxyl groups excluding tert-OH is 2. The van der Waals surface area contributed by atoms with Crippen LogP contribution in [0.5, 0.6) is 0 Å². The number of aliphatic hydroxyl groups is 2. The van der Waals surface area contributed by atoms with Crippen LogP contribution in [0.4, 0.5) is 10.1 Å². The molecule has 2 atom stereocenters. The number of rotatable bonds is 13. The fourth-order valence-corrected chi connectivity index (χ4v) is 5.19. The van der Waals surface area contributed by atoms with Crippen molar-refractivity contribution in [1.29, 1.82) is 0 Å². The number of benzene rings is 3. The zero-order chi connectivity index (χ0) is 33.8. The van der Waals surface area contributed by atoms with E-state index in [4.69, 9.17) is 16.9 Å². The van der Waals surface area contributed by atoms with Crippen molar-refractivity contribution in [2.45, 2.75) is 57.8 Å². The minimum absolute atomic E-state index is 0.121. The number of para-hydroxylation sites is 1. The fourth-order valence-electron chi connectivity index (χ4n) is 5.19. The van der Waals surface area contributed by atoms with E-state index < -0.39 is 30.4 Å². The number of anilines is 1. The Kier molecular flexibility index (Phi) is 13.2. The van der Waals surface area contributed by atoms with Crippen molar-refractivity contribution < 1.29 is 34.7 Å². The molecule has 0 fully saturated rings. The number of nitrogens with zero attached hydrogens (tertiary/aromatic N) is 1. The highest BCUT2D eigenvalue weighted by atomic mass is 19.1. The number of aliphatic carboxylic acids is 1. The summed E-state index contributed by atoms with van der Waals surface area (Å²) >= 11 is 0. The number of amidine groups is 1. The number of carboxylic acid groups (broad SMARTS) is 1. The summed E-state index contributed by atoms with van der Waals surface area (Å²) in [5.74, 6) is -1.92.